The summed E-state index contributed by atoms with van der Waals surface area (Å²) in [4.78, 5) is 15.9. The van der Waals surface area contributed by atoms with Crippen molar-refractivity contribution in [1.29, 1.82) is 0 Å². The van der Waals surface area contributed by atoms with Crippen LogP contribution in [0, 0.1) is 35.5 Å². The minimum Gasteiger partial charge on any atom is -0.490 e. The predicted octanol–water partition coefficient (Wildman–Crippen LogP) is 41.7. The molecule has 0 aliphatic carbocycles. The van der Waals surface area contributed by atoms with E-state index in [-0.39, 0.29) is 0 Å². The Hall–Kier alpha value is -5.13. The number of unbranched alkanes of at least 4 members (excludes halogenated alkanes) is 48. The van der Waals surface area contributed by atoms with Crippen LogP contribution in [0.15, 0.2) is 54.6 Å². The van der Waals surface area contributed by atoms with Crippen molar-refractivity contribution in [3.8, 4) is 34.5 Å². The van der Waals surface area contributed by atoms with Crippen molar-refractivity contribution < 1.29 is 28.4 Å². The fraction of sp³-hybridized carbons (Fsp3) is 0.829. The Morgan fingerprint density at radius 3 is 0.467 bits per heavy atom. The fourth-order valence-corrected chi connectivity index (χ4v) is 20.4. The molecule has 0 fully saturated rings. The van der Waals surface area contributed by atoms with E-state index in [0.717, 1.165) is 90.1 Å². The molecule has 0 spiro atoms. The summed E-state index contributed by atoms with van der Waals surface area (Å²) < 4.78 is 42.2. The topological polar surface area (TPSA) is 130 Å². The molecule has 0 aliphatic heterocycles. The maximum absolute atomic E-state index is 7.09. The molecule has 4 rings (SSSR count). The van der Waals surface area contributed by atoms with Crippen molar-refractivity contribution in [2.45, 2.75) is 584 Å². The standard InChI is InChI=1S/C123H222N6O6/c1-13-25-37-43-49-55-61-67-79-106(73-31-19-7)91-97-130-115-88-85-112(103-118(115)133-100-94-109(76-34-22-10)82-70-64-58-52-46-40-28-16-4)124-121-127-122(125-113-86-89-116(131-98-92-107(74-32-20-8)80-68-62-56-50-44-38-26-14-2)119(104-113)134-101-95-110(77-35-23-11)83-71-65-59-53-47-41-29-17-5)129-123(128-121)126-114-87-90-117(132-99-93-108(75-33-21-9)81-69-63-57-51-45-39-27-15-3)120(105-114)135-102-96-111(78-36-24-12)84-72-66-60-54-48-42-30-18-6/h85-90,103-111H,13-84,91-102H2,1-12H3,(H3,124,125,126,127,128,129). The van der Waals surface area contributed by atoms with E-state index in [1.807, 2.05) is 0 Å². The average Bonchev–Trinajstić information content (AvgIpc) is 0.816. The molecule has 135 heavy (non-hydrogen) atoms. The maximum atomic E-state index is 7.09. The van der Waals surface area contributed by atoms with E-state index in [1.54, 1.807) is 0 Å². The molecule has 0 saturated carbocycles. The number of rotatable bonds is 102. The van der Waals surface area contributed by atoms with Crippen LogP contribution in [0.1, 0.15) is 584 Å². The highest BCUT2D eigenvalue weighted by molar-refractivity contribution is 5.66. The second-order valence-electron chi connectivity index (χ2n) is 42.1. The van der Waals surface area contributed by atoms with Gasteiger partial charge in [-0.2, -0.15) is 15.0 Å². The second-order valence-corrected chi connectivity index (χ2v) is 42.1. The molecule has 0 bridgehead atoms. The quantitative estimate of drug-likeness (QED) is 0.0364. The third-order valence-corrected chi connectivity index (χ3v) is 29.5. The molecule has 0 aliphatic rings. The highest BCUT2D eigenvalue weighted by Gasteiger charge is 2.22. The first-order valence-electron chi connectivity index (χ1n) is 59.8. The number of benzene rings is 3. The van der Waals surface area contributed by atoms with E-state index < -0.39 is 0 Å². The summed E-state index contributed by atoms with van der Waals surface area (Å²) in [5, 5.41) is 11.2. The lowest BCUT2D eigenvalue weighted by molar-refractivity contribution is 0.226. The lowest BCUT2D eigenvalue weighted by Gasteiger charge is -2.21. The summed E-state index contributed by atoms with van der Waals surface area (Å²) in [6.45, 7) is 31.9. The Bertz CT molecular complexity index is 2890. The summed E-state index contributed by atoms with van der Waals surface area (Å²) in [6.07, 6.45) is 101. The lowest BCUT2D eigenvalue weighted by atomic mass is 9.92. The van der Waals surface area contributed by atoms with Gasteiger partial charge in [0.1, 0.15) is 0 Å². The molecule has 780 valence electrons. The monoisotopic (exact) mass is 1880 g/mol. The van der Waals surface area contributed by atoms with Gasteiger partial charge in [-0.25, -0.2) is 0 Å². The van der Waals surface area contributed by atoms with E-state index in [2.05, 4.69) is 154 Å². The van der Waals surface area contributed by atoms with E-state index in [1.165, 1.54) is 462 Å². The van der Waals surface area contributed by atoms with E-state index in [4.69, 9.17) is 43.4 Å². The van der Waals surface area contributed by atoms with E-state index in [9.17, 15) is 0 Å². The molecule has 0 saturated heterocycles. The number of ether oxygens (including phenoxy) is 6. The Balaban J connectivity index is 1.89. The van der Waals surface area contributed by atoms with Gasteiger partial charge < -0.3 is 44.4 Å². The summed E-state index contributed by atoms with van der Waals surface area (Å²) >= 11 is 0. The largest absolute Gasteiger partial charge is 0.490 e. The number of hydrogen-bond donors (Lipinski definition) is 3. The number of anilines is 6. The molecule has 12 nitrogen and oxygen atoms in total. The first-order valence-corrected chi connectivity index (χ1v) is 59.8. The predicted molar refractivity (Wildman–Crippen MR) is 591 cm³/mol. The van der Waals surface area contributed by atoms with Crippen LogP contribution in [0.2, 0.25) is 0 Å². The molecule has 12 heteroatoms. The molecule has 1 aromatic heterocycles. The van der Waals surface area contributed by atoms with Crippen molar-refractivity contribution >= 4 is 34.9 Å². The minimum absolute atomic E-state index is 0.394. The zero-order chi connectivity index (χ0) is 96.6. The smallest absolute Gasteiger partial charge is 0.233 e. The first kappa shape index (κ1) is 122. The van der Waals surface area contributed by atoms with Crippen LogP contribution in [-0.4, -0.2) is 54.6 Å². The van der Waals surface area contributed by atoms with Crippen molar-refractivity contribution in [2.75, 3.05) is 55.6 Å². The normalized spacial score (nSPS) is 13.0. The molecule has 0 radical (unpaired) electrons. The number of nitrogens with one attached hydrogen (secondary N) is 3. The third-order valence-electron chi connectivity index (χ3n) is 29.5. The van der Waals surface area contributed by atoms with Crippen LogP contribution >= 0.6 is 0 Å². The molecular weight excluding hydrogens is 1660 g/mol. The maximum Gasteiger partial charge on any atom is 0.233 e. The Morgan fingerprint density at radius 2 is 0.304 bits per heavy atom. The van der Waals surface area contributed by atoms with Crippen LogP contribution in [0.25, 0.3) is 0 Å². The van der Waals surface area contributed by atoms with Crippen molar-refractivity contribution in [2.24, 2.45) is 35.5 Å². The summed E-state index contributed by atoms with van der Waals surface area (Å²) in [6, 6.07) is 19.1. The Kier molecular flexibility index (Phi) is 80.5. The SMILES string of the molecule is CCCCCCCCCCC(CCCC)CCOc1ccc(Nc2nc(Nc3ccc(OCCC(CCCC)CCCCCCCCCC)c(OCCC(CCCC)CCCCCCCCCC)c3)nc(Nc3ccc(OCCC(CCCC)CCCCCCCCCC)c(OCCC(CCCC)CCCCCCCCCC)c3)n2)cc1OCCC(CCCC)CCCCCCCCCC. The van der Waals surface area contributed by atoms with E-state index >= 15 is 0 Å². The van der Waals surface area contributed by atoms with Gasteiger partial charge in [0.25, 0.3) is 0 Å². The summed E-state index contributed by atoms with van der Waals surface area (Å²) in [7, 11) is 0. The molecule has 1 heterocycles. The van der Waals surface area contributed by atoms with Crippen LogP contribution in [0.3, 0.4) is 0 Å². The van der Waals surface area contributed by atoms with Gasteiger partial charge in [-0.15, -0.1) is 0 Å². The summed E-state index contributed by atoms with van der Waals surface area (Å²) in [5.41, 5.74) is 2.45. The lowest BCUT2D eigenvalue weighted by Crippen LogP contribution is -2.11. The molecule has 6 unspecified atom stereocenters. The van der Waals surface area contributed by atoms with Gasteiger partial charge in [0.15, 0.2) is 34.5 Å². The minimum atomic E-state index is 0.394. The van der Waals surface area contributed by atoms with Crippen LogP contribution in [-0.2, 0) is 0 Å². The number of nitrogens with zero attached hydrogens (tertiary/aromatic N) is 3. The highest BCUT2D eigenvalue weighted by atomic mass is 16.5. The zero-order valence-corrected chi connectivity index (χ0v) is 91.3. The number of hydrogen-bond acceptors (Lipinski definition) is 12. The highest BCUT2D eigenvalue weighted by Crippen LogP contribution is 2.40. The fourth-order valence-electron chi connectivity index (χ4n) is 20.4. The molecule has 4 aromatic rings. The molecular formula is C123H222N6O6. The molecule has 3 aromatic carbocycles. The van der Waals surface area contributed by atoms with Gasteiger partial charge in [0.05, 0.1) is 39.6 Å². The zero-order valence-electron chi connectivity index (χ0n) is 91.3. The van der Waals surface area contributed by atoms with Crippen molar-refractivity contribution in [3.05, 3.63) is 54.6 Å². The molecule has 0 amide bonds. The van der Waals surface area contributed by atoms with Crippen LogP contribution in [0.5, 0.6) is 34.5 Å². The molecule has 3 N–H and O–H groups in total. The van der Waals surface area contributed by atoms with Crippen molar-refractivity contribution in [3.63, 3.8) is 0 Å². The number of aromatic nitrogens is 3. The summed E-state index contributed by atoms with van der Waals surface area (Å²) in [5.74, 6) is 9.73. The Labute approximate surface area is 837 Å². The van der Waals surface area contributed by atoms with Gasteiger partial charge >= 0.3 is 0 Å². The third kappa shape index (κ3) is 65.6. The second kappa shape index (κ2) is 89.0. The van der Waals surface area contributed by atoms with Crippen LogP contribution in [0.4, 0.5) is 34.9 Å². The van der Waals surface area contributed by atoms with Crippen LogP contribution < -0.4 is 44.4 Å². The van der Waals surface area contributed by atoms with Gasteiger partial charge in [0, 0.05) is 35.3 Å². The Morgan fingerprint density at radius 1 is 0.163 bits per heavy atom. The molecule has 6 atom stereocenters. The van der Waals surface area contributed by atoms with Gasteiger partial charge in [-0.1, -0.05) is 545 Å². The van der Waals surface area contributed by atoms with E-state index in [0.29, 0.717) is 93.0 Å². The average molecular weight is 1880 g/mol. The van der Waals surface area contributed by atoms with Gasteiger partial charge in [-0.3, -0.25) is 0 Å². The first-order chi connectivity index (χ1) is 66.6. The van der Waals surface area contributed by atoms with Gasteiger partial charge in [-0.05, 0) is 110 Å². The van der Waals surface area contributed by atoms with Gasteiger partial charge in [0.2, 0.25) is 17.8 Å². The van der Waals surface area contributed by atoms with Crippen molar-refractivity contribution in [1.82, 2.24) is 15.0 Å².